The van der Waals surface area contributed by atoms with E-state index in [2.05, 4.69) is 0 Å². The lowest BCUT2D eigenvalue weighted by Crippen LogP contribution is -2.10. The van der Waals surface area contributed by atoms with Crippen molar-refractivity contribution in [2.45, 2.75) is 6.92 Å². The molecule has 1 heterocycles. The van der Waals surface area contributed by atoms with E-state index >= 15 is 0 Å². The number of carbonyl (C=O) groups excluding carboxylic acids is 2. The van der Waals surface area contributed by atoms with Crippen LogP contribution in [0.5, 0.6) is 0 Å². The third-order valence-corrected chi connectivity index (χ3v) is 3.69. The van der Waals surface area contributed by atoms with Crippen LogP contribution in [0.1, 0.15) is 26.3 Å². The molecule has 104 valence electrons. The topological polar surface area (TPSA) is 39.1 Å². The average molecular weight is 298 g/mol. The minimum atomic E-state index is -0.185. The molecule has 0 aliphatic heterocycles. The molecule has 0 aliphatic rings. The molecule has 3 rings (SSSR count). The quantitative estimate of drug-likeness (QED) is 0.668. The first kappa shape index (κ1) is 13.6. The Hall–Kier alpha value is -2.39. The lowest BCUT2D eigenvalue weighted by molar-refractivity contribution is 0.0965. The number of aryl methyl sites for hydroxylation is 1. The van der Waals surface area contributed by atoms with E-state index < -0.39 is 0 Å². The molecule has 0 aliphatic carbocycles. The number of carbonyl (C=O) groups is 2. The number of rotatable bonds is 2. The zero-order valence-corrected chi connectivity index (χ0v) is 12.1. The Morgan fingerprint density at radius 3 is 2.57 bits per heavy atom. The van der Waals surface area contributed by atoms with Crippen LogP contribution in [-0.2, 0) is 0 Å². The summed E-state index contributed by atoms with van der Waals surface area (Å²) >= 11 is 6.23. The van der Waals surface area contributed by atoms with Gasteiger partial charge in [0, 0.05) is 22.7 Å². The van der Waals surface area contributed by atoms with Crippen LogP contribution >= 0.6 is 11.6 Å². The second-order valence-corrected chi connectivity index (χ2v) is 5.29. The minimum Gasteiger partial charge on any atom is -0.298 e. The molecule has 0 radical (unpaired) electrons. The van der Waals surface area contributed by atoms with Gasteiger partial charge >= 0.3 is 0 Å². The molecule has 0 saturated heterocycles. The number of nitrogens with zero attached hydrogens (tertiary/aromatic N) is 1. The van der Waals surface area contributed by atoms with E-state index in [9.17, 15) is 9.59 Å². The third kappa shape index (κ3) is 2.26. The Balaban J connectivity index is 2.29. The van der Waals surface area contributed by atoms with Gasteiger partial charge in [0.15, 0.2) is 6.29 Å². The van der Waals surface area contributed by atoms with Gasteiger partial charge in [-0.15, -0.1) is 0 Å². The molecule has 21 heavy (non-hydrogen) atoms. The Labute approximate surface area is 126 Å². The highest BCUT2D eigenvalue weighted by molar-refractivity contribution is 6.36. The second-order valence-electron chi connectivity index (χ2n) is 4.88. The smallest absolute Gasteiger partial charge is 0.262 e. The van der Waals surface area contributed by atoms with E-state index in [0.29, 0.717) is 27.1 Å². The maximum Gasteiger partial charge on any atom is 0.262 e. The highest BCUT2D eigenvalue weighted by Crippen LogP contribution is 2.30. The van der Waals surface area contributed by atoms with Gasteiger partial charge in [-0.1, -0.05) is 29.8 Å². The van der Waals surface area contributed by atoms with Gasteiger partial charge in [-0.2, -0.15) is 0 Å². The van der Waals surface area contributed by atoms with Crippen molar-refractivity contribution in [3.05, 3.63) is 70.4 Å². The summed E-state index contributed by atoms with van der Waals surface area (Å²) in [7, 11) is 0. The van der Waals surface area contributed by atoms with Crippen LogP contribution in [0.3, 0.4) is 0 Å². The summed E-state index contributed by atoms with van der Waals surface area (Å²) in [6.07, 6.45) is 2.26. The number of benzene rings is 2. The number of fused-ring (bicyclic) bond motifs is 1. The molecular formula is C17H12ClNO2. The predicted octanol–water partition coefficient (Wildman–Crippen LogP) is 4.10. The van der Waals surface area contributed by atoms with Gasteiger partial charge in [0.1, 0.15) is 0 Å². The molecule has 0 N–H and O–H groups in total. The lowest BCUT2D eigenvalue weighted by Gasteiger charge is -2.05. The number of aromatic nitrogens is 1. The molecule has 0 spiro atoms. The molecule has 3 nitrogen and oxygen atoms in total. The van der Waals surface area contributed by atoms with Crippen molar-refractivity contribution in [1.82, 2.24) is 4.57 Å². The van der Waals surface area contributed by atoms with Gasteiger partial charge in [0.2, 0.25) is 0 Å². The maximum atomic E-state index is 12.6. The van der Waals surface area contributed by atoms with E-state index in [1.54, 1.807) is 36.5 Å². The largest absolute Gasteiger partial charge is 0.298 e. The van der Waals surface area contributed by atoms with E-state index in [4.69, 9.17) is 11.6 Å². The van der Waals surface area contributed by atoms with Gasteiger partial charge < -0.3 is 0 Å². The third-order valence-electron chi connectivity index (χ3n) is 3.40. The average Bonchev–Trinajstić information content (AvgIpc) is 2.86. The molecule has 0 atom stereocenters. The SMILES string of the molecule is Cc1cc(Cl)c2c(C=O)cn(C(=O)c3ccccc3)c2c1. The molecule has 0 bridgehead atoms. The van der Waals surface area contributed by atoms with Crippen LogP contribution in [0.25, 0.3) is 10.9 Å². The van der Waals surface area contributed by atoms with Crippen molar-refractivity contribution in [1.29, 1.82) is 0 Å². The fourth-order valence-electron chi connectivity index (χ4n) is 2.45. The Morgan fingerprint density at radius 1 is 1.19 bits per heavy atom. The van der Waals surface area contributed by atoms with Crippen LogP contribution in [0.15, 0.2) is 48.7 Å². The molecule has 3 aromatic rings. The van der Waals surface area contributed by atoms with Gasteiger partial charge in [-0.25, -0.2) is 0 Å². The highest BCUT2D eigenvalue weighted by atomic mass is 35.5. The number of hydrogen-bond donors (Lipinski definition) is 0. The van der Waals surface area contributed by atoms with Crippen LogP contribution in [0.2, 0.25) is 5.02 Å². The van der Waals surface area contributed by atoms with E-state index in [1.165, 1.54) is 4.57 Å². The molecule has 2 aromatic carbocycles. The maximum absolute atomic E-state index is 12.6. The Kier molecular flexibility index (Phi) is 3.35. The Morgan fingerprint density at radius 2 is 1.90 bits per heavy atom. The van der Waals surface area contributed by atoms with Crippen LogP contribution in [0.4, 0.5) is 0 Å². The van der Waals surface area contributed by atoms with E-state index in [-0.39, 0.29) is 5.91 Å². The van der Waals surface area contributed by atoms with Crippen LogP contribution in [0, 0.1) is 6.92 Å². The first-order valence-corrected chi connectivity index (χ1v) is 6.85. The summed E-state index contributed by atoms with van der Waals surface area (Å²) < 4.78 is 1.48. The van der Waals surface area contributed by atoms with Crippen molar-refractivity contribution in [3.8, 4) is 0 Å². The van der Waals surface area contributed by atoms with Crippen molar-refractivity contribution in [3.63, 3.8) is 0 Å². The number of hydrogen-bond acceptors (Lipinski definition) is 2. The van der Waals surface area contributed by atoms with Crippen LogP contribution < -0.4 is 0 Å². The zero-order valence-electron chi connectivity index (χ0n) is 11.3. The van der Waals surface area contributed by atoms with Crippen molar-refractivity contribution < 1.29 is 9.59 Å². The molecule has 0 fully saturated rings. The van der Waals surface area contributed by atoms with Gasteiger partial charge in [-0.3, -0.25) is 14.2 Å². The second kappa shape index (κ2) is 5.19. The fourth-order valence-corrected chi connectivity index (χ4v) is 2.83. The molecule has 0 amide bonds. The van der Waals surface area contributed by atoms with E-state index in [0.717, 1.165) is 11.8 Å². The van der Waals surface area contributed by atoms with Crippen LogP contribution in [-0.4, -0.2) is 16.8 Å². The molecule has 0 saturated carbocycles. The molecule has 1 aromatic heterocycles. The summed E-state index contributed by atoms with van der Waals surface area (Å²) in [5, 5.41) is 1.09. The van der Waals surface area contributed by atoms with Gasteiger partial charge in [-0.05, 0) is 36.8 Å². The molecule has 4 heteroatoms. The first-order valence-electron chi connectivity index (χ1n) is 6.48. The Bertz CT molecular complexity index is 850. The minimum absolute atomic E-state index is 0.185. The summed E-state index contributed by atoms with van der Waals surface area (Å²) in [4.78, 5) is 23.9. The summed E-state index contributed by atoms with van der Waals surface area (Å²) in [6.45, 7) is 1.90. The zero-order chi connectivity index (χ0) is 15.0. The molecule has 0 unspecified atom stereocenters. The van der Waals surface area contributed by atoms with E-state index in [1.807, 2.05) is 19.1 Å². The lowest BCUT2D eigenvalue weighted by atomic mass is 10.1. The monoisotopic (exact) mass is 297 g/mol. The molecular weight excluding hydrogens is 286 g/mol. The normalized spacial score (nSPS) is 10.8. The van der Waals surface area contributed by atoms with Crippen molar-refractivity contribution in [2.75, 3.05) is 0 Å². The first-order chi connectivity index (χ1) is 10.1. The summed E-state index contributed by atoms with van der Waals surface area (Å²) in [5.41, 5.74) is 2.56. The van der Waals surface area contributed by atoms with Gasteiger partial charge in [0.25, 0.3) is 5.91 Å². The van der Waals surface area contributed by atoms with Gasteiger partial charge in [0.05, 0.1) is 10.5 Å². The predicted molar refractivity (Wildman–Crippen MR) is 83.2 cm³/mol. The van der Waals surface area contributed by atoms with Crippen molar-refractivity contribution >= 4 is 34.7 Å². The van der Waals surface area contributed by atoms with Crippen molar-refractivity contribution in [2.24, 2.45) is 0 Å². The number of aldehydes is 1. The fraction of sp³-hybridized carbons (Fsp3) is 0.0588. The summed E-state index contributed by atoms with van der Waals surface area (Å²) in [5.74, 6) is -0.185. The highest BCUT2D eigenvalue weighted by Gasteiger charge is 2.17. The standard InChI is InChI=1S/C17H12ClNO2/c1-11-7-14(18)16-13(10-20)9-19(15(16)8-11)17(21)12-5-3-2-4-6-12/h2-10H,1H3. The summed E-state index contributed by atoms with van der Waals surface area (Å²) in [6, 6.07) is 12.6. The number of halogens is 1.